The fourth-order valence-electron chi connectivity index (χ4n) is 2.25. The molecule has 3 nitrogen and oxygen atoms in total. The Hall–Kier alpha value is -2.59. The number of hydrogen-bond donors (Lipinski definition) is 2. The lowest BCUT2D eigenvalue weighted by Crippen LogP contribution is -2.29. The average molecular weight is 322 g/mol. The number of para-hydroxylation sites is 1. The van der Waals surface area contributed by atoms with Crippen LogP contribution in [-0.4, -0.2) is 11.7 Å². The molecule has 0 aliphatic carbocycles. The SMILES string of the molecule is C=C(C)CNC(=S)Nc1ccc(-c2cc3ccccc3o2)cc1. The van der Waals surface area contributed by atoms with Gasteiger partial charge < -0.3 is 15.1 Å². The van der Waals surface area contributed by atoms with Gasteiger partial charge in [-0.25, -0.2) is 0 Å². The van der Waals surface area contributed by atoms with Gasteiger partial charge in [0.1, 0.15) is 11.3 Å². The third-order valence-electron chi connectivity index (χ3n) is 3.40. The first-order valence-corrected chi connectivity index (χ1v) is 7.81. The molecular weight excluding hydrogens is 304 g/mol. The number of anilines is 1. The summed E-state index contributed by atoms with van der Waals surface area (Å²) < 4.78 is 5.87. The molecule has 2 N–H and O–H groups in total. The van der Waals surface area contributed by atoms with Gasteiger partial charge in [0.15, 0.2) is 5.11 Å². The molecule has 1 heterocycles. The van der Waals surface area contributed by atoms with Gasteiger partial charge in [0.2, 0.25) is 0 Å². The van der Waals surface area contributed by atoms with Gasteiger partial charge in [-0.15, -0.1) is 0 Å². The van der Waals surface area contributed by atoms with Crippen molar-refractivity contribution in [2.45, 2.75) is 6.92 Å². The Balaban J connectivity index is 1.71. The second-order valence-corrected chi connectivity index (χ2v) is 5.90. The van der Waals surface area contributed by atoms with Crippen molar-refractivity contribution in [3.63, 3.8) is 0 Å². The van der Waals surface area contributed by atoms with Crippen LogP contribution in [0.1, 0.15) is 6.92 Å². The quantitative estimate of drug-likeness (QED) is 0.526. The molecule has 3 aromatic rings. The lowest BCUT2D eigenvalue weighted by Gasteiger charge is -2.10. The predicted octanol–water partition coefficient (Wildman–Crippen LogP) is 4.96. The van der Waals surface area contributed by atoms with Gasteiger partial charge in [0, 0.05) is 23.2 Å². The molecule has 0 aliphatic rings. The molecule has 0 aliphatic heterocycles. The molecule has 0 unspecified atom stereocenters. The van der Waals surface area contributed by atoms with Crippen molar-refractivity contribution in [1.82, 2.24) is 5.32 Å². The maximum absolute atomic E-state index is 5.87. The van der Waals surface area contributed by atoms with Gasteiger partial charge in [-0.2, -0.15) is 0 Å². The van der Waals surface area contributed by atoms with Gasteiger partial charge in [-0.3, -0.25) is 0 Å². The minimum absolute atomic E-state index is 0.587. The van der Waals surface area contributed by atoms with E-state index in [1.165, 1.54) is 0 Å². The van der Waals surface area contributed by atoms with E-state index < -0.39 is 0 Å². The van der Waals surface area contributed by atoms with E-state index in [9.17, 15) is 0 Å². The number of rotatable bonds is 4. The van der Waals surface area contributed by atoms with Gasteiger partial charge in [0.25, 0.3) is 0 Å². The van der Waals surface area contributed by atoms with Crippen molar-refractivity contribution in [1.29, 1.82) is 0 Å². The van der Waals surface area contributed by atoms with Crippen LogP contribution in [0.15, 0.2) is 71.2 Å². The van der Waals surface area contributed by atoms with Gasteiger partial charge in [-0.1, -0.05) is 30.4 Å². The van der Waals surface area contributed by atoms with E-state index in [0.29, 0.717) is 11.7 Å². The van der Waals surface area contributed by atoms with Crippen LogP contribution >= 0.6 is 12.2 Å². The smallest absolute Gasteiger partial charge is 0.171 e. The van der Waals surface area contributed by atoms with Crippen molar-refractivity contribution in [2.75, 3.05) is 11.9 Å². The molecule has 0 radical (unpaired) electrons. The van der Waals surface area contributed by atoms with Crippen molar-refractivity contribution in [3.8, 4) is 11.3 Å². The van der Waals surface area contributed by atoms with Crippen LogP contribution < -0.4 is 10.6 Å². The zero-order valence-electron chi connectivity index (χ0n) is 12.9. The van der Waals surface area contributed by atoms with Crippen molar-refractivity contribution >= 4 is 34.0 Å². The molecule has 0 bridgehead atoms. The van der Waals surface area contributed by atoms with Crippen LogP contribution in [0.25, 0.3) is 22.3 Å². The second-order valence-electron chi connectivity index (χ2n) is 5.49. The summed E-state index contributed by atoms with van der Waals surface area (Å²) in [5.41, 5.74) is 3.90. The van der Waals surface area contributed by atoms with Gasteiger partial charge in [-0.05, 0) is 55.5 Å². The number of fused-ring (bicyclic) bond motifs is 1. The third-order valence-corrected chi connectivity index (χ3v) is 3.65. The summed E-state index contributed by atoms with van der Waals surface area (Å²) in [6.45, 7) is 6.46. The molecular formula is C19H18N2OS. The zero-order valence-corrected chi connectivity index (χ0v) is 13.7. The van der Waals surface area contributed by atoms with Crippen molar-refractivity contribution in [3.05, 3.63) is 66.7 Å². The molecule has 0 saturated heterocycles. The van der Waals surface area contributed by atoms with Gasteiger partial charge >= 0.3 is 0 Å². The van der Waals surface area contributed by atoms with Crippen LogP contribution in [0.2, 0.25) is 0 Å². The second kappa shape index (κ2) is 6.67. The highest BCUT2D eigenvalue weighted by molar-refractivity contribution is 7.80. The highest BCUT2D eigenvalue weighted by Crippen LogP contribution is 2.28. The van der Waals surface area contributed by atoms with E-state index in [2.05, 4.69) is 23.3 Å². The Morgan fingerprint density at radius 3 is 2.57 bits per heavy atom. The van der Waals surface area contributed by atoms with Crippen molar-refractivity contribution < 1.29 is 4.42 Å². The first-order valence-electron chi connectivity index (χ1n) is 7.40. The lowest BCUT2D eigenvalue weighted by atomic mass is 10.1. The summed E-state index contributed by atoms with van der Waals surface area (Å²) in [6.07, 6.45) is 0. The van der Waals surface area contributed by atoms with E-state index in [1.807, 2.05) is 55.5 Å². The van der Waals surface area contributed by atoms with E-state index >= 15 is 0 Å². The molecule has 4 heteroatoms. The maximum atomic E-state index is 5.87. The fourth-order valence-corrected chi connectivity index (χ4v) is 2.44. The average Bonchev–Trinajstić information content (AvgIpc) is 2.97. The summed E-state index contributed by atoms with van der Waals surface area (Å²) in [7, 11) is 0. The maximum Gasteiger partial charge on any atom is 0.171 e. The summed E-state index contributed by atoms with van der Waals surface area (Å²) >= 11 is 5.24. The third kappa shape index (κ3) is 3.79. The van der Waals surface area contributed by atoms with Crippen molar-refractivity contribution in [2.24, 2.45) is 0 Å². The molecule has 3 rings (SSSR count). The van der Waals surface area contributed by atoms with E-state index in [0.717, 1.165) is 33.6 Å². The predicted molar refractivity (Wildman–Crippen MR) is 101 cm³/mol. The molecule has 0 atom stereocenters. The highest BCUT2D eigenvalue weighted by Gasteiger charge is 2.06. The molecule has 0 amide bonds. The Bertz CT molecular complexity index is 816. The molecule has 23 heavy (non-hydrogen) atoms. The van der Waals surface area contributed by atoms with Crippen LogP contribution in [0.4, 0.5) is 5.69 Å². The van der Waals surface area contributed by atoms with Gasteiger partial charge in [0.05, 0.1) is 0 Å². The Kier molecular flexibility index (Phi) is 4.44. The summed E-state index contributed by atoms with van der Waals surface area (Å²) in [4.78, 5) is 0. The number of furan rings is 1. The first-order chi connectivity index (χ1) is 11.1. The number of benzene rings is 2. The van der Waals surface area contributed by atoms with E-state index in [-0.39, 0.29) is 0 Å². The van der Waals surface area contributed by atoms with E-state index in [4.69, 9.17) is 16.6 Å². The zero-order chi connectivity index (χ0) is 16.2. The topological polar surface area (TPSA) is 37.2 Å². The fraction of sp³-hybridized carbons (Fsp3) is 0.105. The Morgan fingerprint density at radius 2 is 1.87 bits per heavy atom. The largest absolute Gasteiger partial charge is 0.456 e. The summed E-state index contributed by atoms with van der Waals surface area (Å²) in [5, 5.41) is 7.94. The molecule has 2 aromatic carbocycles. The standard InChI is InChI=1S/C19H18N2OS/c1-13(2)12-20-19(23)21-16-9-7-14(8-10-16)18-11-15-5-3-4-6-17(15)22-18/h3-11H,1,12H2,2H3,(H2,20,21,23). The number of nitrogens with one attached hydrogen (secondary N) is 2. The lowest BCUT2D eigenvalue weighted by molar-refractivity contribution is 0.631. The number of hydrogen-bond acceptors (Lipinski definition) is 2. The minimum Gasteiger partial charge on any atom is -0.456 e. The summed E-state index contributed by atoms with van der Waals surface area (Å²) in [6, 6.07) is 18.0. The number of thiocarbonyl (C=S) groups is 1. The Morgan fingerprint density at radius 1 is 1.13 bits per heavy atom. The molecule has 116 valence electrons. The first kappa shape index (κ1) is 15.3. The van der Waals surface area contributed by atoms with Crippen LogP contribution in [0, 0.1) is 0 Å². The van der Waals surface area contributed by atoms with Crippen LogP contribution in [0.3, 0.4) is 0 Å². The summed E-state index contributed by atoms with van der Waals surface area (Å²) in [5.74, 6) is 0.862. The normalized spacial score (nSPS) is 10.5. The Labute approximate surface area is 141 Å². The van der Waals surface area contributed by atoms with Crippen LogP contribution in [-0.2, 0) is 0 Å². The molecule has 0 spiro atoms. The molecule has 0 saturated carbocycles. The minimum atomic E-state index is 0.587. The van der Waals surface area contributed by atoms with Crippen LogP contribution in [0.5, 0.6) is 0 Å². The van der Waals surface area contributed by atoms with E-state index in [1.54, 1.807) is 0 Å². The molecule has 1 aromatic heterocycles. The molecule has 0 fully saturated rings. The highest BCUT2D eigenvalue weighted by atomic mass is 32.1. The monoisotopic (exact) mass is 322 g/mol.